The molecule has 11 heteroatoms. The van der Waals surface area contributed by atoms with Crippen molar-refractivity contribution in [2.24, 2.45) is 0 Å². The molecule has 6 rings (SSSR count). The van der Waals surface area contributed by atoms with Gasteiger partial charge in [-0.15, -0.1) is 0 Å². The maximum absolute atomic E-state index is 13.6. The summed E-state index contributed by atoms with van der Waals surface area (Å²) in [5.74, 6) is -0.149. The number of pyridine rings is 1. The second-order valence-electron chi connectivity index (χ2n) is 10.2. The van der Waals surface area contributed by atoms with Crippen LogP contribution in [0, 0.1) is 0 Å². The summed E-state index contributed by atoms with van der Waals surface area (Å²) in [5, 5.41) is 15.7. The fourth-order valence-electron chi connectivity index (χ4n) is 5.61. The number of alkyl halides is 3. The number of hydrogen-bond donors (Lipinski definition) is 1. The minimum absolute atomic E-state index is 0.0274. The lowest BCUT2D eigenvalue weighted by Gasteiger charge is -2.37. The Hall–Kier alpha value is -4.15. The van der Waals surface area contributed by atoms with Crippen molar-refractivity contribution in [3.05, 3.63) is 83.0 Å². The fraction of sp³-hybridized carbons (Fsp3) is 0.357. The van der Waals surface area contributed by atoms with Gasteiger partial charge >= 0.3 is 6.18 Å². The molecule has 8 nitrogen and oxygen atoms in total. The van der Waals surface area contributed by atoms with Gasteiger partial charge in [-0.25, -0.2) is 4.68 Å². The van der Waals surface area contributed by atoms with E-state index in [1.165, 1.54) is 6.08 Å². The fourth-order valence-corrected chi connectivity index (χ4v) is 5.61. The summed E-state index contributed by atoms with van der Waals surface area (Å²) in [6.45, 7) is 4.38. The number of halogens is 3. The van der Waals surface area contributed by atoms with Gasteiger partial charge in [0.25, 0.3) is 5.91 Å². The van der Waals surface area contributed by atoms with Crippen LogP contribution in [0.1, 0.15) is 63.4 Å². The van der Waals surface area contributed by atoms with Gasteiger partial charge in [-0.1, -0.05) is 12.6 Å². The van der Waals surface area contributed by atoms with Crippen LogP contribution in [0.15, 0.2) is 49.2 Å². The Morgan fingerprint density at radius 3 is 2.54 bits per heavy atom. The van der Waals surface area contributed by atoms with E-state index in [1.807, 2.05) is 12.1 Å². The van der Waals surface area contributed by atoms with E-state index < -0.39 is 23.8 Å². The monoisotopic (exact) mass is 537 g/mol. The van der Waals surface area contributed by atoms with Crippen molar-refractivity contribution in [1.82, 2.24) is 24.6 Å². The SMILES string of the molecule is C=CC(=O)N1CCc2nn(-c3ccc(C4CC4)cc3O)c3c2[C@H](C1)N(C(=O)c1ccc(C(F)(F)F)nc1)CC3. The standard InChI is InChI=1S/C28H26F3N5O3/c1-2-25(38)34-11-9-19-26-21(36(33-19)20-7-5-17(13-23(20)37)16-3-4-16)10-12-35(22(26)15-34)27(39)18-6-8-24(32-14-18)28(29,30)31/h2,5-8,13-14,16,22,37H,1,3-4,9-12,15H2/t22-/m0/s1. The van der Waals surface area contributed by atoms with Crippen LogP contribution in [0.4, 0.5) is 13.2 Å². The highest BCUT2D eigenvalue weighted by Gasteiger charge is 2.41. The molecule has 1 atom stereocenters. The molecule has 1 aliphatic carbocycles. The minimum Gasteiger partial charge on any atom is -0.506 e. The number of hydrogen-bond acceptors (Lipinski definition) is 5. The van der Waals surface area contributed by atoms with Crippen molar-refractivity contribution >= 4 is 11.8 Å². The Kier molecular flexibility index (Phi) is 5.96. The zero-order valence-corrected chi connectivity index (χ0v) is 21.0. The molecule has 0 bridgehead atoms. The van der Waals surface area contributed by atoms with Crippen LogP contribution in [-0.4, -0.2) is 61.1 Å². The summed E-state index contributed by atoms with van der Waals surface area (Å²) in [6, 6.07) is 6.99. The number of aromatic nitrogens is 3. The summed E-state index contributed by atoms with van der Waals surface area (Å²) in [5.41, 5.74) is 2.95. The van der Waals surface area contributed by atoms with Crippen LogP contribution in [-0.2, 0) is 23.8 Å². The molecule has 202 valence electrons. The van der Waals surface area contributed by atoms with E-state index >= 15 is 0 Å². The van der Waals surface area contributed by atoms with Crippen molar-refractivity contribution in [2.75, 3.05) is 19.6 Å². The first kappa shape index (κ1) is 25.1. The van der Waals surface area contributed by atoms with E-state index in [0.29, 0.717) is 36.7 Å². The van der Waals surface area contributed by atoms with Gasteiger partial charge in [0.05, 0.1) is 23.0 Å². The maximum atomic E-state index is 13.6. The van der Waals surface area contributed by atoms with E-state index in [-0.39, 0.29) is 30.3 Å². The van der Waals surface area contributed by atoms with Gasteiger partial charge in [-0.05, 0) is 54.7 Å². The predicted molar refractivity (Wildman–Crippen MR) is 134 cm³/mol. The van der Waals surface area contributed by atoms with Gasteiger partial charge in [0.15, 0.2) is 0 Å². The first-order valence-electron chi connectivity index (χ1n) is 12.8. The van der Waals surface area contributed by atoms with E-state index in [0.717, 1.165) is 48.0 Å². The van der Waals surface area contributed by atoms with Gasteiger partial charge < -0.3 is 14.9 Å². The molecule has 2 amide bonds. The topological polar surface area (TPSA) is 91.6 Å². The van der Waals surface area contributed by atoms with Crippen LogP contribution in [0.3, 0.4) is 0 Å². The van der Waals surface area contributed by atoms with Crippen LogP contribution in [0.2, 0.25) is 0 Å². The molecular weight excluding hydrogens is 511 g/mol. The van der Waals surface area contributed by atoms with Crippen molar-refractivity contribution in [3.63, 3.8) is 0 Å². The molecule has 2 aliphatic heterocycles. The highest BCUT2D eigenvalue weighted by Crippen LogP contribution is 2.43. The minimum atomic E-state index is -4.61. The Bertz CT molecular complexity index is 1480. The number of phenolic OH excluding ortho intramolecular Hbond substituents is 1. The van der Waals surface area contributed by atoms with Crippen LogP contribution >= 0.6 is 0 Å². The number of carbonyl (C=O) groups is 2. The Morgan fingerprint density at radius 1 is 1.10 bits per heavy atom. The lowest BCUT2D eigenvalue weighted by atomic mass is 9.95. The van der Waals surface area contributed by atoms with Gasteiger partial charge in [-0.2, -0.15) is 18.3 Å². The van der Waals surface area contributed by atoms with E-state index in [9.17, 15) is 27.9 Å². The van der Waals surface area contributed by atoms with Crippen molar-refractivity contribution in [2.45, 2.75) is 43.8 Å². The quantitative estimate of drug-likeness (QED) is 0.505. The third-order valence-corrected chi connectivity index (χ3v) is 7.73. The van der Waals surface area contributed by atoms with E-state index in [4.69, 9.17) is 5.10 Å². The number of amides is 2. The van der Waals surface area contributed by atoms with E-state index in [2.05, 4.69) is 11.6 Å². The van der Waals surface area contributed by atoms with Crippen LogP contribution in [0.25, 0.3) is 5.69 Å². The zero-order valence-electron chi connectivity index (χ0n) is 21.0. The highest BCUT2D eigenvalue weighted by molar-refractivity contribution is 5.94. The number of benzene rings is 1. The van der Waals surface area contributed by atoms with Crippen LogP contribution < -0.4 is 0 Å². The predicted octanol–water partition coefficient (Wildman–Crippen LogP) is 4.18. The summed E-state index contributed by atoms with van der Waals surface area (Å²) < 4.78 is 40.8. The first-order chi connectivity index (χ1) is 18.7. The molecule has 1 aromatic carbocycles. The lowest BCUT2D eigenvalue weighted by Crippen LogP contribution is -2.45. The number of phenols is 1. The molecule has 1 saturated carbocycles. The second-order valence-corrected chi connectivity index (χ2v) is 10.2. The lowest BCUT2D eigenvalue weighted by molar-refractivity contribution is -0.141. The number of rotatable bonds is 4. The highest BCUT2D eigenvalue weighted by atomic mass is 19.4. The third kappa shape index (κ3) is 4.45. The molecule has 39 heavy (non-hydrogen) atoms. The Labute approximate surface area is 222 Å². The largest absolute Gasteiger partial charge is 0.506 e. The zero-order chi connectivity index (χ0) is 27.5. The normalized spacial score (nSPS) is 18.9. The number of carbonyl (C=O) groups excluding carboxylic acids is 2. The Balaban J connectivity index is 1.39. The second kappa shape index (κ2) is 9.25. The molecule has 0 saturated heterocycles. The van der Waals surface area contributed by atoms with Gasteiger partial charge in [0.1, 0.15) is 17.1 Å². The molecule has 3 aliphatic rings. The van der Waals surface area contributed by atoms with Crippen molar-refractivity contribution < 1.29 is 27.9 Å². The molecule has 4 heterocycles. The number of aromatic hydroxyl groups is 1. The van der Waals surface area contributed by atoms with Gasteiger partial charge in [-0.3, -0.25) is 14.6 Å². The van der Waals surface area contributed by atoms with E-state index in [1.54, 1.807) is 20.5 Å². The maximum Gasteiger partial charge on any atom is 0.433 e. The van der Waals surface area contributed by atoms with Crippen molar-refractivity contribution in [1.29, 1.82) is 0 Å². The molecule has 0 spiro atoms. The average Bonchev–Trinajstić information content (AvgIpc) is 3.73. The molecule has 3 aromatic rings. The summed E-state index contributed by atoms with van der Waals surface area (Å²) in [6.07, 6.45) is 0.626. The molecule has 2 aromatic heterocycles. The summed E-state index contributed by atoms with van der Waals surface area (Å²) in [7, 11) is 0. The molecule has 0 unspecified atom stereocenters. The van der Waals surface area contributed by atoms with Crippen LogP contribution in [0.5, 0.6) is 5.75 Å². The third-order valence-electron chi connectivity index (χ3n) is 7.73. The summed E-state index contributed by atoms with van der Waals surface area (Å²) >= 11 is 0. The van der Waals surface area contributed by atoms with Gasteiger partial charge in [0, 0.05) is 44.2 Å². The molecule has 0 radical (unpaired) electrons. The number of nitrogens with zero attached hydrogens (tertiary/aromatic N) is 5. The first-order valence-corrected chi connectivity index (χ1v) is 12.8. The average molecular weight is 538 g/mol. The Morgan fingerprint density at radius 2 is 1.90 bits per heavy atom. The van der Waals surface area contributed by atoms with Crippen molar-refractivity contribution in [3.8, 4) is 11.4 Å². The smallest absolute Gasteiger partial charge is 0.433 e. The molecule has 1 fully saturated rings. The molecule has 1 N–H and O–H groups in total. The van der Waals surface area contributed by atoms with Gasteiger partial charge in [0.2, 0.25) is 5.91 Å². The molecular formula is C28H26F3N5O3. The summed E-state index contributed by atoms with van der Waals surface area (Å²) in [4.78, 5) is 32.8.